The first kappa shape index (κ1) is 15.2. The quantitative estimate of drug-likeness (QED) is 0.630. The van der Waals surface area contributed by atoms with Gasteiger partial charge in [-0.2, -0.15) is 0 Å². The van der Waals surface area contributed by atoms with E-state index in [1.807, 2.05) is 16.8 Å². The van der Waals surface area contributed by atoms with Crippen molar-refractivity contribution in [2.45, 2.75) is 18.4 Å². The summed E-state index contributed by atoms with van der Waals surface area (Å²) in [4.78, 5) is 29.4. The van der Waals surface area contributed by atoms with Crippen LogP contribution in [-0.2, 0) is 9.59 Å². The number of carbonyl (C=O) groups is 2. The molecule has 0 aromatic carbocycles. The van der Waals surface area contributed by atoms with Gasteiger partial charge in [0.2, 0.25) is 5.91 Å². The van der Waals surface area contributed by atoms with Crippen LogP contribution in [0.5, 0.6) is 0 Å². The average molecular weight is 284 g/mol. The Balaban J connectivity index is 1.86. The van der Waals surface area contributed by atoms with Crippen molar-refractivity contribution in [2.24, 2.45) is 5.73 Å². The Kier molecular flexibility index (Phi) is 4.62. The molecule has 114 valence electrons. The van der Waals surface area contributed by atoms with Crippen LogP contribution in [0.15, 0.2) is 0 Å². The number of rotatable bonds is 3. The fourth-order valence-electron chi connectivity index (χ4n) is 2.81. The predicted octanol–water partition coefficient (Wildman–Crippen LogP) is -1.93. The van der Waals surface area contributed by atoms with E-state index < -0.39 is 11.5 Å². The van der Waals surface area contributed by atoms with Crippen molar-refractivity contribution in [2.75, 3.05) is 52.9 Å². The van der Waals surface area contributed by atoms with E-state index in [1.165, 1.54) is 0 Å². The van der Waals surface area contributed by atoms with Crippen LogP contribution in [0.25, 0.3) is 0 Å². The Bertz CT molecular complexity index is 382. The van der Waals surface area contributed by atoms with Gasteiger partial charge in [-0.15, -0.1) is 0 Å². The zero-order valence-corrected chi connectivity index (χ0v) is 12.0. The number of aliphatic hydroxyl groups is 1. The predicted molar refractivity (Wildman–Crippen MR) is 73.9 cm³/mol. The van der Waals surface area contributed by atoms with Crippen LogP contribution in [0.4, 0.5) is 0 Å². The maximum Gasteiger partial charge on any atom is 0.250 e. The van der Waals surface area contributed by atoms with Crippen molar-refractivity contribution in [3.63, 3.8) is 0 Å². The molecule has 0 radical (unpaired) electrons. The van der Waals surface area contributed by atoms with Crippen molar-refractivity contribution in [3.8, 4) is 0 Å². The first-order chi connectivity index (χ1) is 9.40. The number of piperidine rings is 1. The lowest BCUT2D eigenvalue weighted by atomic mass is 9.92. The molecule has 0 aliphatic carbocycles. The number of carbonyl (C=O) groups excluding carboxylic acids is 2. The fourth-order valence-corrected chi connectivity index (χ4v) is 2.81. The molecule has 2 aliphatic rings. The highest BCUT2D eigenvalue weighted by Gasteiger charge is 2.39. The van der Waals surface area contributed by atoms with E-state index in [4.69, 9.17) is 5.73 Å². The summed E-state index contributed by atoms with van der Waals surface area (Å²) in [5.74, 6) is -0.638. The van der Waals surface area contributed by atoms with Crippen molar-refractivity contribution in [3.05, 3.63) is 0 Å². The summed E-state index contributed by atoms with van der Waals surface area (Å²) in [6.45, 7) is 4.37. The summed E-state index contributed by atoms with van der Waals surface area (Å²) in [7, 11) is 2.04. The number of nitrogens with two attached hydrogens (primary N) is 1. The second-order valence-electron chi connectivity index (χ2n) is 5.89. The monoisotopic (exact) mass is 284 g/mol. The van der Waals surface area contributed by atoms with Crippen LogP contribution in [0.3, 0.4) is 0 Å². The van der Waals surface area contributed by atoms with Crippen LogP contribution in [0.2, 0.25) is 0 Å². The molecule has 3 N–H and O–H groups in total. The maximum atomic E-state index is 12.2. The lowest BCUT2D eigenvalue weighted by Crippen LogP contribution is -2.58. The molecule has 1 atom stereocenters. The number of amides is 2. The van der Waals surface area contributed by atoms with Gasteiger partial charge in [0, 0.05) is 32.7 Å². The standard InChI is InChI=1S/C13H24N4O3/c1-15-5-7-17(8-6-15)11(18)9-16-4-2-3-13(20,10-16)12(14)19/h20H,2-10H2,1H3,(H2,14,19)/t13-/m1/s1. The number of hydrogen-bond acceptors (Lipinski definition) is 5. The minimum Gasteiger partial charge on any atom is -0.379 e. The molecule has 0 aromatic heterocycles. The topological polar surface area (TPSA) is 90.1 Å². The Morgan fingerprint density at radius 3 is 2.45 bits per heavy atom. The van der Waals surface area contributed by atoms with Crippen LogP contribution in [0.1, 0.15) is 12.8 Å². The molecule has 20 heavy (non-hydrogen) atoms. The molecule has 0 aromatic rings. The van der Waals surface area contributed by atoms with Gasteiger partial charge in [-0.25, -0.2) is 0 Å². The van der Waals surface area contributed by atoms with Crippen LogP contribution in [-0.4, -0.2) is 90.1 Å². The SMILES string of the molecule is CN1CCN(C(=O)CN2CCC[C@](O)(C(N)=O)C2)CC1. The largest absolute Gasteiger partial charge is 0.379 e. The van der Waals surface area contributed by atoms with E-state index in [0.717, 1.165) is 32.7 Å². The first-order valence-electron chi connectivity index (χ1n) is 7.12. The third-order valence-electron chi connectivity index (χ3n) is 4.22. The smallest absolute Gasteiger partial charge is 0.250 e. The Labute approximate surface area is 119 Å². The second kappa shape index (κ2) is 6.07. The van der Waals surface area contributed by atoms with Gasteiger partial charge >= 0.3 is 0 Å². The minimum absolute atomic E-state index is 0.0619. The Hall–Kier alpha value is -1.18. The highest BCUT2D eigenvalue weighted by molar-refractivity contribution is 5.84. The number of hydrogen-bond donors (Lipinski definition) is 2. The van der Waals surface area contributed by atoms with Gasteiger partial charge in [0.05, 0.1) is 6.54 Å². The van der Waals surface area contributed by atoms with Gasteiger partial charge in [0.1, 0.15) is 0 Å². The number of primary amides is 1. The summed E-state index contributed by atoms with van der Waals surface area (Å²) in [5, 5.41) is 10.1. The molecule has 2 heterocycles. The van der Waals surface area contributed by atoms with Gasteiger partial charge in [0.25, 0.3) is 5.91 Å². The molecule has 0 spiro atoms. The molecule has 2 amide bonds. The summed E-state index contributed by atoms with van der Waals surface area (Å²) in [5.41, 5.74) is 3.75. The van der Waals surface area contributed by atoms with Crippen molar-refractivity contribution >= 4 is 11.8 Å². The van der Waals surface area contributed by atoms with E-state index in [2.05, 4.69) is 4.90 Å². The Morgan fingerprint density at radius 2 is 1.85 bits per heavy atom. The van der Waals surface area contributed by atoms with Crippen LogP contribution < -0.4 is 5.73 Å². The number of β-amino-alcohol motifs (C(OH)–C–C–N with tert-alkyl or cyclic N) is 1. The molecule has 2 aliphatic heterocycles. The zero-order chi connectivity index (χ0) is 14.8. The molecule has 2 rings (SSSR count). The van der Waals surface area contributed by atoms with E-state index in [0.29, 0.717) is 12.8 Å². The van der Waals surface area contributed by atoms with Crippen LogP contribution >= 0.6 is 0 Å². The number of likely N-dealkylation sites (N-methyl/N-ethyl adjacent to an activating group) is 1. The Morgan fingerprint density at radius 1 is 1.20 bits per heavy atom. The molecule has 7 nitrogen and oxygen atoms in total. The van der Waals surface area contributed by atoms with Crippen LogP contribution in [0, 0.1) is 0 Å². The summed E-state index contributed by atoms with van der Waals surface area (Å²) >= 11 is 0. The molecule has 0 bridgehead atoms. The van der Waals surface area contributed by atoms with E-state index in [-0.39, 0.29) is 19.0 Å². The lowest BCUT2D eigenvalue weighted by molar-refractivity contribution is -0.145. The minimum atomic E-state index is -1.49. The third kappa shape index (κ3) is 3.47. The molecular formula is C13H24N4O3. The van der Waals surface area contributed by atoms with Gasteiger partial charge < -0.3 is 20.6 Å². The first-order valence-corrected chi connectivity index (χ1v) is 7.12. The normalized spacial score (nSPS) is 29.4. The summed E-state index contributed by atoms with van der Waals surface area (Å²) < 4.78 is 0. The zero-order valence-electron chi connectivity index (χ0n) is 12.0. The van der Waals surface area contributed by atoms with Gasteiger partial charge in [-0.05, 0) is 26.4 Å². The van der Waals surface area contributed by atoms with Gasteiger partial charge in [-0.3, -0.25) is 14.5 Å². The lowest BCUT2D eigenvalue weighted by Gasteiger charge is -2.38. The maximum absolute atomic E-state index is 12.2. The third-order valence-corrected chi connectivity index (χ3v) is 4.22. The highest BCUT2D eigenvalue weighted by atomic mass is 16.3. The molecule has 7 heteroatoms. The van der Waals surface area contributed by atoms with E-state index in [1.54, 1.807) is 0 Å². The van der Waals surface area contributed by atoms with Crippen molar-refractivity contribution in [1.29, 1.82) is 0 Å². The van der Waals surface area contributed by atoms with Gasteiger partial charge in [-0.1, -0.05) is 0 Å². The summed E-state index contributed by atoms with van der Waals surface area (Å²) in [6.07, 6.45) is 1.05. The highest BCUT2D eigenvalue weighted by Crippen LogP contribution is 2.20. The second-order valence-corrected chi connectivity index (χ2v) is 5.89. The molecular weight excluding hydrogens is 260 g/mol. The van der Waals surface area contributed by atoms with Crippen molar-refractivity contribution in [1.82, 2.24) is 14.7 Å². The van der Waals surface area contributed by atoms with Crippen molar-refractivity contribution < 1.29 is 14.7 Å². The molecule has 0 unspecified atom stereocenters. The fraction of sp³-hybridized carbons (Fsp3) is 0.846. The number of nitrogens with zero attached hydrogens (tertiary/aromatic N) is 3. The van der Waals surface area contributed by atoms with E-state index >= 15 is 0 Å². The van der Waals surface area contributed by atoms with Gasteiger partial charge in [0.15, 0.2) is 5.60 Å². The number of likely N-dealkylation sites (tertiary alicyclic amines) is 1. The molecule has 2 fully saturated rings. The summed E-state index contributed by atoms with van der Waals surface area (Å²) in [6, 6.07) is 0. The average Bonchev–Trinajstić information content (AvgIpc) is 2.39. The molecule has 2 saturated heterocycles. The van der Waals surface area contributed by atoms with E-state index in [9.17, 15) is 14.7 Å². The molecule has 0 saturated carbocycles. The number of piperazine rings is 1.